The molecule has 2 aliphatic carbocycles. The van der Waals surface area contributed by atoms with Crippen molar-refractivity contribution in [3.05, 3.63) is 58.6 Å². The van der Waals surface area contributed by atoms with Crippen molar-refractivity contribution in [1.82, 2.24) is 14.8 Å². The lowest BCUT2D eigenvalue weighted by Gasteiger charge is -2.43. The van der Waals surface area contributed by atoms with Gasteiger partial charge in [0.05, 0.1) is 36.5 Å². The average Bonchev–Trinajstić information content (AvgIpc) is 3.52. The second kappa shape index (κ2) is 13.1. The zero-order valence-corrected chi connectivity index (χ0v) is 26.4. The minimum atomic E-state index is -1.03. The van der Waals surface area contributed by atoms with Crippen LogP contribution in [0.2, 0.25) is 0 Å². The van der Waals surface area contributed by atoms with Crippen molar-refractivity contribution >= 4 is 17.3 Å². The standard InChI is InChI=1S/C35H42FN7O2/c1-23(36)35(44)43-19-18-42(21-25(43)14-16-37)33-27-15-17-41(30-11-6-9-24-8-4-5-10-26(24)30)22-29(27)39-34(28(33)20-38)45-32-13-7-12-31(32)40(2)3/h6,9,11,25,31-32H,1,4-5,7-8,10,12-15,17-19,21-22H2,2-3H3/t25-,31+,32+/m0/s1. The molecule has 2 aliphatic heterocycles. The molecule has 0 spiro atoms. The molecule has 1 aromatic carbocycles. The fourth-order valence-electron chi connectivity index (χ4n) is 7.87. The zero-order valence-electron chi connectivity index (χ0n) is 26.4. The summed E-state index contributed by atoms with van der Waals surface area (Å²) in [6, 6.07) is 10.9. The number of nitrogens with zero attached hydrogens (tertiary/aromatic N) is 7. The van der Waals surface area contributed by atoms with Crippen molar-refractivity contribution in [2.24, 2.45) is 0 Å². The number of carbonyl (C=O) groups is 1. The highest BCUT2D eigenvalue weighted by atomic mass is 19.1. The van der Waals surface area contributed by atoms with Crippen LogP contribution in [-0.4, -0.2) is 79.2 Å². The van der Waals surface area contributed by atoms with E-state index in [1.165, 1.54) is 34.6 Å². The van der Waals surface area contributed by atoms with Crippen molar-refractivity contribution in [2.75, 3.05) is 50.1 Å². The number of fused-ring (bicyclic) bond motifs is 2. The zero-order chi connectivity index (χ0) is 31.7. The van der Waals surface area contributed by atoms with Gasteiger partial charge in [0.25, 0.3) is 5.91 Å². The van der Waals surface area contributed by atoms with Gasteiger partial charge < -0.3 is 24.3 Å². The Labute approximate surface area is 265 Å². The number of pyridine rings is 1. The van der Waals surface area contributed by atoms with Crippen molar-refractivity contribution < 1.29 is 13.9 Å². The molecular weight excluding hydrogens is 569 g/mol. The molecule has 0 radical (unpaired) electrons. The van der Waals surface area contributed by atoms with Gasteiger partial charge in [0.1, 0.15) is 17.7 Å². The Kier molecular flexibility index (Phi) is 8.96. The van der Waals surface area contributed by atoms with E-state index in [4.69, 9.17) is 9.72 Å². The Morgan fingerprint density at radius 1 is 1.09 bits per heavy atom. The highest BCUT2D eigenvalue weighted by Crippen LogP contribution is 2.41. The van der Waals surface area contributed by atoms with E-state index in [1.807, 2.05) is 0 Å². The number of hydrogen-bond donors (Lipinski definition) is 0. The minimum Gasteiger partial charge on any atom is -0.472 e. The van der Waals surface area contributed by atoms with Gasteiger partial charge in [-0.2, -0.15) is 10.5 Å². The Morgan fingerprint density at radius 3 is 2.67 bits per heavy atom. The molecule has 4 aliphatic rings. The number of hydrogen-bond acceptors (Lipinski definition) is 8. The summed E-state index contributed by atoms with van der Waals surface area (Å²) >= 11 is 0. The molecule has 1 saturated carbocycles. The van der Waals surface area contributed by atoms with E-state index in [9.17, 15) is 19.7 Å². The summed E-state index contributed by atoms with van der Waals surface area (Å²) in [5.41, 5.74) is 7.22. The lowest BCUT2D eigenvalue weighted by atomic mass is 9.89. The minimum absolute atomic E-state index is 0.0491. The van der Waals surface area contributed by atoms with Crippen molar-refractivity contribution in [2.45, 2.75) is 82.5 Å². The lowest BCUT2D eigenvalue weighted by molar-refractivity contribution is -0.131. The van der Waals surface area contributed by atoms with Crippen LogP contribution in [0.25, 0.3) is 0 Å². The number of benzene rings is 1. The summed E-state index contributed by atoms with van der Waals surface area (Å²) in [7, 11) is 4.12. The second-order valence-electron chi connectivity index (χ2n) is 13.0. The van der Waals surface area contributed by atoms with Gasteiger partial charge in [-0.1, -0.05) is 18.7 Å². The van der Waals surface area contributed by atoms with Gasteiger partial charge in [-0.15, -0.1) is 0 Å². The van der Waals surface area contributed by atoms with Gasteiger partial charge in [0.15, 0.2) is 5.83 Å². The molecule has 2 fully saturated rings. The molecule has 1 amide bonds. The predicted molar refractivity (Wildman–Crippen MR) is 171 cm³/mol. The van der Waals surface area contributed by atoms with Crippen LogP contribution in [0.5, 0.6) is 5.88 Å². The molecule has 0 unspecified atom stereocenters. The van der Waals surface area contributed by atoms with Crippen LogP contribution in [0, 0.1) is 22.7 Å². The third-order valence-corrected chi connectivity index (χ3v) is 10.1. The molecule has 10 heteroatoms. The molecule has 3 atom stereocenters. The van der Waals surface area contributed by atoms with Crippen LogP contribution >= 0.6 is 0 Å². The number of ether oxygens (including phenoxy) is 1. The van der Waals surface area contributed by atoms with Crippen molar-refractivity contribution in [1.29, 1.82) is 10.5 Å². The topological polar surface area (TPSA) is 99.7 Å². The first-order valence-electron chi connectivity index (χ1n) is 16.2. The van der Waals surface area contributed by atoms with E-state index < -0.39 is 17.8 Å². The third kappa shape index (κ3) is 5.96. The van der Waals surface area contributed by atoms with E-state index in [0.717, 1.165) is 55.6 Å². The molecule has 0 bridgehead atoms. The summed E-state index contributed by atoms with van der Waals surface area (Å²) in [4.78, 5) is 25.8. The number of piperazine rings is 1. The summed E-state index contributed by atoms with van der Waals surface area (Å²) in [5, 5.41) is 20.2. The van der Waals surface area contributed by atoms with Gasteiger partial charge in [-0.3, -0.25) is 4.79 Å². The first-order chi connectivity index (χ1) is 21.8. The van der Waals surface area contributed by atoms with Gasteiger partial charge >= 0.3 is 0 Å². The van der Waals surface area contributed by atoms with E-state index in [1.54, 1.807) is 0 Å². The Balaban J connectivity index is 1.41. The van der Waals surface area contributed by atoms with Crippen molar-refractivity contribution in [3.8, 4) is 18.0 Å². The maximum atomic E-state index is 13.9. The van der Waals surface area contributed by atoms with Gasteiger partial charge in [0.2, 0.25) is 5.88 Å². The van der Waals surface area contributed by atoms with Crippen LogP contribution in [0.1, 0.15) is 66.5 Å². The number of anilines is 2. The number of nitriles is 2. The molecule has 1 aromatic heterocycles. The predicted octanol–water partition coefficient (Wildman–Crippen LogP) is 4.67. The number of likely N-dealkylation sites (N-methyl/N-ethyl adjacent to an activating group) is 1. The van der Waals surface area contributed by atoms with E-state index in [-0.39, 0.29) is 25.1 Å². The summed E-state index contributed by atoms with van der Waals surface area (Å²) in [6.07, 6.45) is 8.24. The maximum absolute atomic E-state index is 13.9. The number of carbonyl (C=O) groups excluding carboxylic acids is 1. The molecule has 3 heterocycles. The highest BCUT2D eigenvalue weighted by molar-refractivity contribution is 5.91. The quantitative estimate of drug-likeness (QED) is 0.417. The molecule has 45 heavy (non-hydrogen) atoms. The molecule has 9 nitrogen and oxygen atoms in total. The number of aryl methyl sites for hydroxylation is 1. The lowest BCUT2D eigenvalue weighted by Crippen LogP contribution is -2.55. The summed E-state index contributed by atoms with van der Waals surface area (Å²) < 4.78 is 20.6. The SMILES string of the molecule is C=C(F)C(=O)N1CCN(c2c(C#N)c(O[C@@H]3CCC[C@H]3N(C)C)nc3c2CCN(c2cccc4c2CCCC4)C3)C[C@@H]1CC#N. The van der Waals surface area contributed by atoms with Crippen molar-refractivity contribution in [3.63, 3.8) is 0 Å². The van der Waals surface area contributed by atoms with Crippen LogP contribution in [0.15, 0.2) is 30.6 Å². The van der Waals surface area contributed by atoms with E-state index >= 15 is 0 Å². The molecule has 236 valence electrons. The Hall–Kier alpha value is -4.15. The van der Waals surface area contributed by atoms with E-state index in [2.05, 4.69) is 65.7 Å². The molecule has 6 rings (SSSR count). The van der Waals surface area contributed by atoms with Gasteiger partial charge in [-0.25, -0.2) is 9.37 Å². The monoisotopic (exact) mass is 611 g/mol. The first-order valence-corrected chi connectivity index (χ1v) is 16.2. The van der Waals surface area contributed by atoms with Crippen LogP contribution in [0.4, 0.5) is 15.8 Å². The van der Waals surface area contributed by atoms with E-state index in [0.29, 0.717) is 37.5 Å². The highest BCUT2D eigenvalue weighted by Gasteiger charge is 2.38. The molecule has 2 aromatic rings. The number of amides is 1. The number of rotatable bonds is 7. The largest absolute Gasteiger partial charge is 0.472 e. The molecule has 1 saturated heterocycles. The first kappa shape index (κ1) is 30.9. The normalized spacial score (nSPS) is 22.8. The van der Waals surface area contributed by atoms with Crippen LogP contribution in [-0.2, 0) is 30.6 Å². The summed E-state index contributed by atoms with van der Waals surface area (Å²) in [5.74, 6) is -1.46. The second-order valence-corrected chi connectivity index (χ2v) is 13.0. The fraction of sp³-hybridized carbons (Fsp3) is 0.543. The summed E-state index contributed by atoms with van der Waals surface area (Å²) in [6.45, 7) is 5.50. The van der Waals surface area contributed by atoms with Crippen LogP contribution < -0.4 is 14.5 Å². The smallest absolute Gasteiger partial charge is 0.282 e. The Morgan fingerprint density at radius 2 is 1.91 bits per heavy atom. The fourth-order valence-corrected chi connectivity index (χ4v) is 7.87. The van der Waals surface area contributed by atoms with Gasteiger partial charge in [-0.05, 0) is 82.7 Å². The molecule has 0 N–H and O–H groups in total. The number of aromatic nitrogens is 1. The molecular formula is C35H42FN7O2. The Bertz CT molecular complexity index is 1560. The average molecular weight is 612 g/mol. The maximum Gasteiger partial charge on any atom is 0.282 e. The third-order valence-electron chi connectivity index (χ3n) is 10.1. The van der Waals surface area contributed by atoms with Crippen LogP contribution in [0.3, 0.4) is 0 Å². The number of halogens is 1. The van der Waals surface area contributed by atoms with Gasteiger partial charge in [0, 0.05) is 43.5 Å².